The normalized spacial score (nSPS) is 10.5. The van der Waals surface area contributed by atoms with Gasteiger partial charge < -0.3 is 5.73 Å². The molecule has 0 bridgehead atoms. The van der Waals surface area contributed by atoms with Crippen molar-refractivity contribution in [2.75, 3.05) is 0 Å². The standard InChI is InChI=1S/C14H14FNS/c15-14-7-6-11(8-12(14)9-16)10-17-13-4-2-1-3-5-13/h1-8H,9-10,16H2. The van der Waals surface area contributed by atoms with Gasteiger partial charge in [-0.15, -0.1) is 11.8 Å². The molecule has 0 atom stereocenters. The smallest absolute Gasteiger partial charge is 0.127 e. The van der Waals surface area contributed by atoms with Gasteiger partial charge in [0.25, 0.3) is 0 Å². The summed E-state index contributed by atoms with van der Waals surface area (Å²) in [6.07, 6.45) is 0. The first-order valence-electron chi connectivity index (χ1n) is 5.45. The van der Waals surface area contributed by atoms with Crippen molar-refractivity contribution in [2.45, 2.75) is 17.2 Å². The maximum atomic E-state index is 13.2. The van der Waals surface area contributed by atoms with Gasteiger partial charge in [-0.1, -0.05) is 30.3 Å². The number of hydrogen-bond donors (Lipinski definition) is 1. The number of nitrogens with two attached hydrogens (primary N) is 1. The first kappa shape index (κ1) is 12.1. The number of hydrogen-bond acceptors (Lipinski definition) is 2. The van der Waals surface area contributed by atoms with Gasteiger partial charge in [0.05, 0.1) is 0 Å². The summed E-state index contributed by atoms with van der Waals surface area (Å²) in [7, 11) is 0. The first-order chi connectivity index (χ1) is 8.29. The van der Waals surface area contributed by atoms with Gasteiger partial charge in [-0.3, -0.25) is 0 Å². The van der Waals surface area contributed by atoms with E-state index in [1.807, 2.05) is 30.3 Å². The Morgan fingerprint density at radius 1 is 1.06 bits per heavy atom. The van der Waals surface area contributed by atoms with Gasteiger partial charge in [-0.05, 0) is 23.8 Å². The van der Waals surface area contributed by atoms with E-state index in [1.165, 1.54) is 11.0 Å². The van der Waals surface area contributed by atoms with Gasteiger partial charge in [0.1, 0.15) is 5.82 Å². The SMILES string of the molecule is NCc1cc(CSc2ccccc2)ccc1F. The second kappa shape index (κ2) is 5.84. The lowest BCUT2D eigenvalue weighted by Gasteiger charge is -2.05. The lowest BCUT2D eigenvalue weighted by molar-refractivity contribution is 0.610. The van der Waals surface area contributed by atoms with Crippen LogP contribution in [0.3, 0.4) is 0 Å². The summed E-state index contributed by atoms with van der Waals surface area (Å²) < 4.78 is 13.2. The molecule has 2 aromatic carbocycles. The van der Waals surface area contributed by atoms with Gasteiger partial charge in [0, 0.05) is 22.8 Å². The van der Waals surface area contributed by atoms with Gasteiger partial charge in [-0.25, -0.2) is 4.39 Å². The summed E-state index contributed by atoms with van der Waals surface area (Å²) in [6, 6.07) is 15.3. The minimum atomic E-state index is -0.221. The van der Waals surface area contributed by atoms with Crippen molar-refractivity contribution in [2.24, 2.45) is 5.73 Å². The maximum absolute atomic E-state index is 13.2. The average Bonchev–Trinajstić information content (AvgIpc) is 2.39. The van der Waals surface area contributed by atoms with E-state index in [2.05, 4.69) is 12.1 Å². The van der Waals surface area contributed by atoms with Crippen LogP contribution in [0.1, 0.15) is 11.1 Å². The largest absolute Gasteiger partial charge is 0.326 e. The van der Waals surface area contributed by atoms with Gasteiger partial charge >= 0.3 is 0 Å². The van der Waals surface area contributed by atoms with Crippen molar-refractivity contribution in [1.82, 2.24) is 0 Å². The fourth-order valence-electron chi connectivity index (χ4n) is 1.56. The molecule has 0 aliphatic heterocycles. The molecular formula is C14H14FNS. The molecule has 17 heavy (non-hydrogen) atoms. The molecule has 0 aliphatic rings. The molecule has 1 nitrogen and oxygen atoms in total. The van der Waals surface area contributed by atoms with E-state index in [0.717, 1.165) is 11.3 Å². The Bertz CT molecular complexity index is 485. The Hall–Kier alpha value is -1.32. The quantitative estimate of drug-likeness (QED) is 0.836. The van der Waals surface area contributed by atoms with Gasteiger partial charge in [-0.2, -0.15) is 0 Å². The highest BCUT2D eigenvalue weighted by molar-refractivity contribution is 7.98. The van der Waals surface area contributed by atoms with E-state index in [0.29, 0.717) is 5.56 Å². The molecule has 88 valence electrons. The van der Waals surface area contributed by atoms with Crippen molar-refractivity contribution in [3.05, 3.63) is 65.5 Å². The Kier molecular flexibility index (Phi) is 4.18. The van der Waals surface area contributed by atoms with Gasteiger partial charge in [0.15, 0.2) is 0 Å². The van der Waals surface area contributed by atoms with E-state index in [-0.39, 0.29) is 12.4 Å². The fraction of sp³-hybridized carbons (Fsp3) is 0.143. The topological polar surface area (TPSA) is 26.0 Å². The first-order valence-corrected chi connectivity index (χ1v) is 6.43. The highest BCUT2D eigenvalue weighted by Crippen LogP contribution is 2.23. The maximum Gasteiger partial charge on any atom is 0.127 e. The fourth-order valence-corrected chi connectivity index (χ4v) is 2.42. The van der Waals surface area contributed by atoms with Crippen LogP contribution in [0.4, 0.5) is 4.39 Å². The average molecular weight is 247 g/mol. The van der Waals surface area contributed by atoms with Gasteiger partial charge in [0.2, 0.25) is 0 Å². The number of rotatable bonds is 4. The van der Waals surface area contributed by atoms with Crippen molar-refractivity contribution < 1.29 is 4.39 Å². The molecule has 0 unspecified atom stereocenters. The number of benzene rings is 2. The van der Waals surface area contributed by atoms with Crippen LogP contribution in [0.5, 0.6) is 0 Å². The van der Waals surface area contributed by atoms with E-state index in [9.17, 15) is 4.39 Å². The lowest BCUT2D eigenvalue weighted by atomic mass is 10.1. The molecule has 0 aliphatic carbocycles. The van der Waals surface area contributed by atoms with Crippen LogP contribution in [0, 0.1) is 5.82 Å². The monoisotopic (exact) mass is 247 g/mol. The minimum absolute atomic E-state index is 0.221. The van der Waals surface area contributed by atoms with Crippen LogP contribution in [0.2, 0.25) is 0 Å². The molecule has 0 radical (unpaired) electrons. The van der Waals surface area contributed by atoms with Crippen LogP contribution < -0.4 is 5.73 Å². The van der Waals surface area contributed by atoms with E-state index in [4.69, 9.17) is 5.73 Å². The molecule has 2 N–H and O–H groups in total. The third-order valence-corrected chi connectivity index (χ3v) is 3.56. The van der Waals surface area contributed by atoms with Crippen molar-refractivity contribution >= 4 is 11.8 Å². The highest BCUT2D eigenvalue weighted by atomic mass is 32.2. The summed E-state index contributed by atoms with van der Waals surface area (Å²) in [6.45, 7) is 0.246. The molecule has 0 saturated carbocycles. The zero-order chi connectivity index (χ0) is 12.1. The lowest BCUT2D eigenvalue weighted by Crippen LogP contribution is -2.00. The molecule has 0 spiro atoms. The Morgan fingerprint density at radius 3 is 2.53 bits per heavy atom. The van der Waals surface area contributed by atoms with Crippen molar-refractivity contribution in [3.63, 3.8) is 0 Å². The minimum Gasteiger partial charge on any atom is -0.326 e. The molecule has 0 saturated heterocycles. The Labute approximate surface area is 105 Å². The summed E-state index contributed by atoms with van der Waals surface area (Å²) in [5.41, 5.74) is 7.16. The van der Waals surface area contributed by atoms with E-state index in [1.54, 1.807) is 11.8 Å². The highest BCUT2D eigenvalue weighted by Gasteiger charge is 2.02. The summed E-state index contributed by atoms with van der Waals surface area (Å²) >= 11 is 1.74. The molecule has 0 heterocycles. The van der Waals surface area contributed by atoms with Crippen LogP contribution in [0.15, 0.2) is 53.4 Å². The third-order valence-electron chi connectivity index (χ3n) is 2.48. The zero-order valence-electron chi connectivity index (χ0n) is 9.40. The van der Waals surface area contributed by atoms with Crippen molar-refractivity contribution in [1.29, 1.82) is 0 Å². The van der Waals surface area contributed by atoms with Crippen LogP contribution >= 0.6 is 11.8 Å². The number of thioether (sulfide) groups is 1. The predicted octanol–water partition coefficient (Wildman–Crippen LogP) is 3.58. The molecule has 0 fully saturated rings. The Balaban J connectivity index is 2.04. The Morgan fingerprint density at radius 2 is 1.82 bits per heavy atom. The van der Waals surface area contributed by atoms with Crippen LogP contribution in [0.25, 0.3) is 0 Å². The van der Waals surface area contributed by atoms with Crippen molar-refractivity contribution in [3.8, 4) is 0 Å². The van der Waals surface area contributed by atoms with E-state index >= 15 is 0 Å². The summed E-state index contributed by atoms with van der Waals surface area (Å²) in [5, 5.41) is 0. The molecule has 2 rings (SSSR count). The van der Waals surface area contributed by atoms with Crippen LogP contribution in [-0.2, 0) is 12.3 Å². The molecule has 0 aromatic heterocycles. The zero-order valence-corrected chi connectivity index (χ0v) is 10.2. The summed E-state index contributed by atoms with van der Waals surface area (Å²) in [4.78, 5) is 1.21. The number of halogens is 1. The molecule has 2 aromatic rings. The molecule has 0 amide bonds. The second-order valence-corrected chi connectivity index (χ2v) is 4.78. The third kappa shape index (κ3) is 3.32. The second-order valence-electron chi connectivity index (χ2n) is 3.73. The molecule has 3 heteroatoms. The predicted molar refractivity (Wildman–Crippen MR) is 70.3 cm³/mol. The summed E-state index contributed by atoms with van der Waals surface area (Å²) in [5.74, 6) is 0.609. The van der Waals surface area contributed by atoms with Crippen LogP contribution in [-0.4, -0.2) is 0 Å². The molecular weight excluding hydrogens is 233 g/mol. The van der Waals surface area contributed by atoms with E-state index < -0.39 is 0 Å².